The van der Waals surface area contributed by atoms with Crippen molar-refractivity contribution in [3.63, 3.8) is 0 Å². The number of ether oxygens (including phenoxy) is 1. The smallest absolute Gasteiger partial charge is 0.252 e. The molecular weight excluding hydrogens is 257 g/mol. The minimum atomic E-state index is -1.53. The summed E-state index contributed by atoms with van der Waals surface area (Å²) >= 11 is 0. The van der Waals surface area contributed by atoms with Crippen LogP contribution in [0.4, 0.5) is 4.39 Å². The highest BCUT2D eigenvalue weighted by Gasteiger charge is 2.30. The van der Waals surface area contributed by atoms with Crippen molar-refractivity contribution in [3.05, 3.63) is 29.6 Å². The van der Waals surface area contributed by atoms with Crippen LogP contribution in [0.5, 0.6) is 5.75 Å². The van der Waals surface area contributed by atoms with E-state index < -0.39 is 37.1 Å². The second-order valence-electron chi connectivity index (χ2n) is 4.06. The van der Waals surface area contributed by atoms with E-state index in [4.69, 9.17) is 20.1 Å². The molecule has 0 saturated heterocycles. The fourth-order valence-corrected chi connectivity index (χ4v) is 1.38. The predicted octanol–water partition coefficient (Wildman–Crippen LogP) is -0.720. The Hall–Kier alpha value is -1.70. The Morgan fingerprint density at radius 2 is 1.89 bits per heavy atom. The summed E-state index contributed by atoms with van der Waals surface area (Å²) < 4.78 is 17.9. The maximum absolute atomic E-state index is 13.2. The standard InChI is InChI=1S/C12H16FNO5/c1-19-10-4-8(2-3-9(10)13)11(18)14-12(5-15,6-16)7-17/h2-4,15-17H,5-7H2,1H3,(H,14,18). The zero-order valence-electron chi connectivity index (χ0n) is 10.4. The molecule has 0 radical (unpaired) electrons. The number of aliphatic hydroxyl groups is 3. The Morgan fingerprint density at radius 3 is 2.37 bits per heavy atom. The highest BCUT2D eigenvalue weighted by Crippen LogP contribution is 2.18. The molecule has 6 nitrogen and oxygen atoms in total. The van der Waals surface area contributed by atoms with Gasteiger partial charge < -0.3 is 25.4 Å². The molecule has 1 aromatic rings. The van der Waals surface area contributed by atoms with Crippen LogP contribution in [0, 0.1) is 5.82 Å². The fourth-order valence-electron chi connectivity index (χ4n) is 1.38. The molecule has 0 atom stereocenters. The van der Waals surface area contributed by atoms with E-state index in [0.717, 1.165) is 6.07 Å². The summed E-state index contributed by atoms with van der Waals surface area (Å²) in [4.78, 5) is 11.9. The van der Waals surface area contributed by atoms with Gasteiger partial charge in [-0.15, -0.1) is 0 Å². The van der Waals surface area contributed by atoms with Crippen molar-refractivity contribution in [3.8, 4) is 5.75 Å². The lowest BCUT2D eigenvalue weighted by Gasteiger charge is -2.28. The zero-order valence-corrected chi connectivity index (χ0v) is 10.4. The largest absolute Gasteiger partial charge is 0.494 e. The van der Waals surface area contributed by atoms with Gasteiger partial charge in [0.15, 0.2) is 11.6 Å². The molecule has 19 heavy (non-hydrogen) atoms. The molecular formula is C12H16FNO5. The number of hydrogen-bond donors (Lipinski definition) is 4. The molecule has 0 heterocycles. The topological polar surface area (TPSA) is 99.0 Å². The van der Waals surface area contributed by atoms with Crippen molar-refractivity contribution in [2.45, 2.75) is 5.54 Å². The molecule has 0 aliphatic heterocycles. The first kappa shape index (κ1) is 15.4. The molecule has 0 aliphatic rings. The van der Waals surface area contributed by atoms with Gasteiger partial charge in [0.2, 0.25) is 0 Å². The number of aliphatic hydroxyl groups excluding tert-OH is 3. The lowest BCUT2D eigenvalue weighted by atomic mass is 10.0. The van der Waals surface area contributed by atoms with Crippen LogP contribution >= 0.6 is 0 Å². The number of halogens is 1. The van der Waals surface area contributed by atoms with Crippen LogP contribution in [0.2, 0.25) is 0 Å². The summed E-state index contributed by atoms with van der Waals surface area (Å²) in [6.07, 6.45) is 0. The number of rotatable bonds is 6. The molecule has 0 saturated carbocycles. The van der Waals surface area contributed by atoms with Crippen LogP contribution in [-0.4, -0.2) is 53.7 Å². The van der Waals surface area contributed by atoms with Gasteiger partial charge in [-0.25, -0.2) is 4.39 Å². The van der Waals surface area contributed by atoms with E-state index in [2.05, 4.69) is 5.32 Å². The third kappa shape index (κ3) is 3.40. The van der Waals surface area contributed by atoms with E-state index in [1.165, 1.54) is 19.2 Å². The van der Waals surface area contributed by atoms with E-state index in [0.29, 0.717) is 0 Å². The summed E-state index contributed by atoms with van der Waals surface area (Å²) in [7, 11) is 1.26. The van der Waals surface area contributed by atoms with Crippen molar-refractivity contribution in [1.29, 1.82) is 0 Å². The molecule has 1 aromatic carbocycles. The van der Waals surface area contributed by atoms with Gasteiger partial charge in [0, 0.05) is 5.56 Å². The average Bonchev–Trinajstić information content (AvgIpc) is 2.45. The van der Waals surface area contributed by atoms with E-state index in [9.17, 15) is 9.18 Å². The van der Waals surface area contributed by atoms with E-state index in [-0.39, 0.29) is 11.3 Å². The molecule has 106 valence electrons. The third-order valence-corrected chi connectivity index (χ3v) is 2.70. The molecule has 1 amide bonds. The van der Waals surface area contributed by atoms with Crippen LogP contribution in [-0.2, 0) is 0 Å². The van der Waals surface area contributed by atoms with Gasteiger partial charge in [0.05, 0.1) is 26.9 Å². The van der Waals surface area contributed by atoms with Gasteiger partial charge in [-0.3, -0.25) is 4.79 Å². The normalized spacial score (nSPS) is 11.2. The lowest BCUT2D eigenvalue weighted by molar-refractivity contribution is 0.0375. The number of amides is 1. The van der Waals surface area contributed by atoms with Gasteiger partial charge in [-0.1, -0.05) is 0 Å². The van der Waals surface area contributed by atoms with Crippen LogP contribution in [0.15, 0.2) is 18.2 Å². The van der Waals surface area contributed by atoms with Crippen molar-refractivity contribution in [1.82, 2.24) is 5.32 Å². The molecule has 0 unspecified atom stereocenters. The van der Waals surface area contributed by atoms with Gasteiger partial charge >= 0.3 is 0 Å². The summed E-state index contributed by atoms with van der Waals surface area (Å²) in [5.41, 5.74) is -1.45. The van der Waals surface area contributed by atoms with Crippen LogP contribution < -0.4 is 10.1 Å². The Morgan fingerprint density at radius 1 is 1.32 bits per heavy atom. The van der Waals surface area contributed by atoms with E-state index in [1.807, 2.05) is 0 Å². The van der Waals surface area contributed by atoms with Crippen molar-refractivity contribution in [2.75, 3.05) is 26.9 Å². The van der Waals surface area contributed by atoms with E-state index in [1.54, 1.807) is 0 Å². The van der Waals surface area contributed by atoms with Crippen LogP contribution in [0.25, 0.3) is 0 Å². The second kappa shape index (κ2) is 6.46. The third-order valence-electron chi connectivity index (χ3n) is 2.70. The molecule has 0 aromatic heterocycles. The molecule has 0 bridgehead atoms. The molecule has 4 N–H and O–H groups in total. The van der Waals surface area contributed by atoms with Crippen LogP contribution in [0.1, 0.15) is 10.4 Å². The first-order valence-corrected chi connectivity index (χ1v) is 5.50. The van der Waals surface area contributed by atoms with Gasteiger partial charge in [0.25, 0.3) is 5.91 Å². The highest BCUT2D eigenvalue weighted by atomic mass is 19.1. The summed E-state index contributed by atoms with van der Waals surface area (Å²) in [6, 6.07) is 3.47. The second-order valence-corrected chi connectivity index (χ2v) is 4.06. The SMILES string of the molecule is COc1cc(C(=O)NC(CO)(CO)CO)ccc1F. The Balaban J connectivity index is 2.94. The maximum Gasteiger partial charge on any atom is 0.252 e. The quantitative estimate of drug-likeness (QED) is 0.548. The van der Waals surface area contributed by atoms with E-state index >= 15 is 0 Å². The van der Waals surface area contributed by atoms with Crippen molar-refractivity contribution in [2.24, 2.45) is 0 Å². The van der Waals surface area contributed by atoms with Gasteiger partial charge in [-0.05, 0) is 18.2 Å². The summed E-state index contributed by atoms with van der Waals surface area (Å²) in [6.45, 7) is -1.90. The minimum Gasteiger partial charge on any atom is -0.494 e. The molecule has 0 fully saturated rings. The zero-order chi connectivity index (χ0) is 14.5. The molecule has 0 aliphatic carbocycles. The molecule has 0 spiro atoms. The average molecular weight is 273 g/mol. The first-order chi connectivity index (χ1) is 9.01. The van der Waals surface area contributed by atoms with Crippen molar-refractivity contribution < 1.29 is 29.2 Å². The summed E-state index contributed by atoms with van der Waals surface area (Å²) in [5, 5.41) is 29.6. The monoisotopic (exact) mass is 273 g/mol. The molecule has 7 heteroatoms. The number of benzene rings is 1. The Kier molecular flexibility index (Phi) is 5.22. The van der Waals surface area contributed by atoms with Crippen LogP contribution in [0.3, 0.4) is 0 Å². The Bertz CT molecular complexity index is 439. The van der Waals surface area contributed by atoms with Crippen molar-refractivity contribution >= 4 is 5.91 Å². The number of hydrogen-bond acceptors (Lipinski definition) is 5. The minimum absolute atomic E-state index is 0.0815. The summed E-state index contributed by atoms with van der Waals surface area (Å²) in [5.74, 6) is -1.39. The fraction of sp³-hybridized carbons (Fsp3) is 0.417. The molecule has 1 rings (SSSR count). The lowest BCUT2D eigenvalue weighted by Crippen LogP contribution is -2.57. The first-order valence-electron chi connectivity index (χ1n) is 5.50. The van der Waals surface area contributed by atoms with Gasteiger partial charge in [0.1, 0.15) is 5.54 Å². The highest BCUT2D eigenvalue weighted by molar-refractivity contribution is 5.95. The number of methoxy groups -OCH3 is 1. The Labute approximate surface area is 109 Å². The predicted molar refractivity (Wildman–Crippen MR) is 64.4 cm³/mol. The number of nitrogens with one attached hydrogen (secondary N) is 1. The van der Waals surface area contributed by atoms with Gasteiger partial charge in [-0.2, -0.15) is 0 Å². The maximum atomic E-state index is 13.2. The number of carbonyl (C=O) groups excluding carboxylic acids is 1. The number of carbonyl (C=O) groups is 1.